The van der Waals surface area contributed by atoms with E-state index in [0.717, 1.165) is 18.7 Å². The highest BCUT2D eigenvalue weighted by atomic mass is 15.6. The third-order valence-corrected chi connectivity index (χ3v) is 2.42. The number of aryl methyl sites for hydroxylation is 1. The summed E-state index contributed by atoms with van der Waals surface area (Å²) >= 11 is 0. The van der Waals surface area contributed by atoms with Crippen LogP contribution in [0.25, 0.3) is 0 Å². The lowest BCUT2D eigenvalue weighted by Crippen LogP contribution is -2.23. The van der Waals surface area contributed by atoms with E-state index < -0.39 is 0 Å². The molecule has 15 heavy (non-hydrogen) atoms. The zero-order valence-corrected chi connectivity index (χ0v) is 9.69. The molecule has 0 spiro atoms. The van der Waals surface area contributed by atoms with Crippen LogP contribution in [-0.2, 0) is 13.5 Å². The molecule has 1 aromatic rings. The van der Waals surface area contributed by atoms with Crippen molar-refractivity contribution in [1.82, 2.24) is 20.2 Å². The van der Waals surface area contributed by atoms with Gasteiger partial charge in [0.25, 0.3) is 0 Å². The maximum absolute atomic E-state index is 5.98. The zero-order chi connectivity index (χ0) is 11.1. The molecule has 0 aromatic carbocycles. The Kier molecular flexibility index (Phi) is 5.25. The molecule has 0 aliphatic rings. The molecule has 0 aliphatic carbocycles. The summed E-state index contributed by atoms with van der Waals surface area (Å²) in [6, 6.07) is 0.172. The SMILES string of the molecule is CCCCCCC(N)Cc1nnn(C)n1. The molecule has 1 unspecified atom stereocenters. The van der Waals surface area contributed by atoms with E-state index in [-0.39, 0.29) is 6.04 Å². The van der Waals surface area contributed by atoms with E-state index in [9.17, 15) is 0 Å². The van der Waals surface area contributed by atoms with E-state index in [2.05, 4.69) is 22.3 Å². The summed E-state index contributed by atoms with van der Waals surface area (Å²) in [4.78, 5) is 1.47. The Balaban J connectivity index is 2.15. The number of nitrogens with two attached hydrogens (primary N) is 1. The van der Waals surface area contributed by atoms with Crippen LogP contribution in [0.4, 0.5) is 0 Å². The van der Waals surface area contributed by atoms with E-state index in [1.54, 1.807) is 7.05 Å². The molecule has 0 fully saturated rings. The number of unbranched alkanes of at least 4 members (excludes halogenated alkanes) is 3. The molecule has 86 valence electrons. The molecule has 1 aromatic heterocycles. The van der Waals surface area contributed by atoms with Gasteiger partial charge in [0.15, 0.2) is 5.82 Å². The molecule has 0 saturated carbocycles. The van der Waals surface area contributed by atoms with Crippen molar-refractivity contribution in [2.75, 3.05) is 0 Å². The first kappa shape index (κ1) is 12.1. The molecular weight excluding hydrogens is 190 g/mol. The van der Waals surface area contributed by atoms with Crippen molar-refractivity contribution < 1.29 is 0 Å². The molecule has 5 nitrogen and oxygen atoms in total. The molecule has 0 aliphatic heterocycles. The van der Waals surface area contributed by atoms with Gasteiger partial charge < -0.3 is 5.73 Å². The predicted molar refractivity (Wildman–Crippen MR) is 59.2 cm³/mol. The monoisotopic (exact) mass is 211 g/mol. The topological polar surface area (TPSA) is 69.6 Å². The molecule has 0 saturated heterocycles. The third kappa shape index (κ3) is 4.88. The summed E-state index contributed by atoms with van der Waals surface area (Å²) in [5.41, 5.74) is 5.98. The van der Waals surface area contributed by atoms with Gasteiger partial charge in [-0.15, -0.1) is 10.2 Å². The van der Waals surface area contributed by atoms with Crippen LogP contribution < -0.4 is 5.73 Å². The van der Waals surface area contributed by atoms with Gasteiger partial charge in [0, 0.05) is 12.5 Å². The highest BCUT2D eigenvalue weighted by Crippen LogP contribution is 2.06. The van der Waals surface area contributed by atoms with Gasteiger partial charge in [-0.3, -0.25) is 0 Å². The molecule has 2 N–H and O–H groups in total. The van der Waals surface area contributed by atoms with Crippen LogP contribution in [-0.4, -0.2) is 26.2 Å². The Morgan fingerprint density at radius 1 is 1.33 bits per heavy atom. The minimum absolute atomic E-state index is 0.172. The first-order valence-corrected chi connectivity index (χ1v) is 5.70. The Bertz CT molecular complexity index is 271. The Morgan fingerprint density at radius 3 is 2.73 bits per heavy atom. The number of rotatable bonds is 7. The Labute approximate surface area is 91.0 Å². The first-order chi connectivity index (χ1) is 7.22. The molecule has 5 heteroatoms. The summed E-state index contributed by atoms with van der Waals surface area (Å²) < 4.78 is 0. The second kappa shape index (κ2) is 6.50. The highest BCUT2D eigenvalue weighted by Gasteiger charge is 2.07. The summed E-state index contributed by atoms with van der Waals surface area (Å²) in [5, 5.41) is 11.8. The van der Waals surface area contributed by atoms with Gasteiger partial charge in [0.05, 0.1) is 7.05 Å². The number of hydrogen-bond acceptors (Lipinski definition) is 4. The first-order valence-electron chi connectivity index (χ1n) is 5.70. The van der Waals surface area contributed by atoms with Gasteiger partial charge >= 0.3 is 0 Å². The minimum Gasteiger partial charge on any atom is -0.327 e. The maximum Gasteiger partial charge on any atom is 0.176 e. The fourth-order valence-electron chi connectivity index (χ4n) is 1.57. The summed E-state index contributed by atoms with van der Waals surface area (Å²) in [7, 11) is 1.77. The average Bonchev–Trinajstić information content (AvgIpc) is 2.59. The predicted octanol–water partition coefficient (Wildman–Crippen LogP) is 1.05. The van der Waals surface area contributed by atoms with Gasteiger partial charge in [0.2, 0.25) is 0 Å². The maximum atomic E-state index is 5.98. The number of hydrogen-bond donors (Lipinski definition) is 1. The molecule has 1 heterocycles. The lowest BCUT2D eigenvalue weighted by Gasteiger charge is -2.07. The van der Waals surface area contributed by atoms with Crippen molar-refractivity contribution in [3.05, 3.63) is 5.82 Å². The summed E-state index contributed by atoms with van der Waals surface area (Å²) in [6.07, 6.45) is 6.84. The van der Waals surface area contributed by atoms with Crippen LogP contribution >= 0.6 is 0 Å². The second-order valence-corrected chi connectivity index (χ2v) is 4.01. The minimum atomic E-state index is 0.172. The van der Waals surface area contributed by atoms with Gasteiger partial charge in [-0.2, -0.15) is 4.80 Å². The molecule has 0 amide bonds. The van der Waals surface area contributed by atoms with Crippen LogP contribution in [0.3, 0.4) is 0 Å². The Morgan fingerprint density at radius 2 is 2.13 bits per heavy atom. The van der Waals surface area contributed by atoms with Gasteiger partial charge in [-0.1, -0.05) is 32.6 Å². The van der Waals surface area contributed by atoms with Gasteiger partial charge in [-0.05, 0) is 11.6 Å². The normalized spacial score (nSPS) is 13.0. The van der Waals surface area contributed by atoms with E-state index in [0.29, 0.717) is 0 Å². The van der Waals surface area contributed by atoms with Crippen molar-refractivity contribution in [2.45, 2.75) is 51.5 Å². The van der Waals surface area contributed by atoms with Gasteiger partial charge in [0.1, 0.15) is 0 Å². The van der Waals surface area contributed by atoms with Crippen molar-refractivity contribution in [3.63, 3.8) is 0 Å². The Hall–Kier alpha value is -0.970. The molecule has 1 rings (SSSR count). The lowest BCUT2D eigenvalue weighted by molar-refractivity contribution is 0.536. The van der Waals surface area contributed by atoms with E-state index in [1.807, 2.05) is 0 Å². The molecule has 1 atom stereocenters. The summed E-state index contributed by atoms with van der Waals surface area (Å²) in [6.45, 7) is 2.21. The van der Waals surface area contributed by atoms with Gasteiger partial charge in [-0.25, -0.2) is 0 Å². The fourth-order valence-corrected chi connectivity index (χ4v) is 1.57. The van der Waals surface area contributed by atoms with Crippen molar-refractivity contribution in [3.8, 4) is 0 Å². The quantitative estimate of drug-likeness (QED) is 0.684. The average molecular weight is 211 g/mol. The molecular formula is C10H21N5. The zero-order valence-electron chi connectivity index (χ0n) is 9.69. The van der Waals surface area contributed by atoms with Crippen LogP contribution in [0.1, 0.15) is 44.9 Å². The molecule has 0 radical (unpaired) electrons. The third-order valence-electron chi connectivity index (χ3n) is 2.42. The van der Waals surface area contributed by atoms with Crippen molar-refractivity contribution >= 4 is 0 Å². The fraction of sp³-hybridized carbons (Fsp3) is 0.900. The van der Waals surface area contributed by atoms with E-state index >= 15 is 0 Å². The van der Waals surface area contributed by atoms with Crippen LogP contribution in [0.2, 0.25) is 0 Å². The smallest absolute Gasteiger partial charge is 0.176 e. The van der Waals surface area contributed by atoms with E-state index in [1.165, 1.54) is 30.5 Å². The number of nitrogens with zero attached hydrogens (tertiary/aromatic N) is 4. The standard InChI is InChI=1S/C10H21N5/c1-3-4-5-6-7-9(11)8-10-12-14-15(2)13-10/h9H,3-8,11H2,1-2H3. The number of aromatic nitrogens is 4. The van der Waals surface area contributed by atoms with Crippen LogP contribution in [0.15, 0.2) is 0 Å². The highest BCUT2D eigenvalue weighted by molar-refractivity contribution is 4.82. The second-order valence-electron chi connectivity index (χ2n) is 4.01. The lowest BCUT2D eigenvalue weighted by atomic mass is 10.1. The largest absolute Gasteiger partial charge is 0.327 e. The molecule has 0 bridgehead atoms. The van der Waals surface area contributed by atoms with Crippen molar-refractivity contribution in [2.24, 2.45) is 12.8 Å². The summed E-state index contributed by atoms with van der Waals surface area (Å²) in [5.74, 6) is 0.750. The van der Waals surface area contributed by atoms with Crippen LogP contribution in [0, 0.1) is 0 Å². The van der Waals surface area contributed by atoms with E-state index in [4.69, 9.17) is 5.73 Å². The van der Waals surface area contributed by atoms with Crippen molar-refractivity contribution in [1.29, 1.82) is 0 Å². The number of tetrazole rings is 1. The van der Waals surface area contributed by atoms with Crippen LogP contribution in [0.5, 0.6) is 0 Å².